The number of aliphatic hydroxyl groups excluding tert-OH is 5. The van der Waals surface area contributed by atoms with Crippen LogP contribution in [0.15, 0.2) is 86.2 Å². The first-order chi connectivity index (χ1) is 38.1. The van der Waals surface area contributed by atoms with Gasteiger partial charge in [0.15, 0.2) is 0 Å². The van der Waals surface area contributed by atoms with Crippen LogP contribution in [0.25, 0.3) is 21.8 Å². The van der Waals surface area contributed by atoms with E-state index in [4.69, 9.17) is 43.3 Å². The van der Waals surface area contributed by atoms with Gasteiger partial charge in [-0.05, 0) is 161 Å². The maximum atomic E-state index is 12.9. The average Bonchev–Trinajstić information content (AvgIpc) is 3.85. The number of likely N-dealkylation sites (tertiary alicyclic amines) is 1. The number of piperidine rings is 6. The zero-order valence-electron chi connectivity index (χ0n) is 46.7. The number of likely N-dealkylation sites (N-methyl/N-ethyl adjacent to an activating group) is 1. The molecule has 4 bridgehead atoms. The number of aromatic nitrogens is 2. The van der Waals surface area contributed by atoms with Gasteiger partial charge in [0.1, 0.15) is 41.4 Å². The number of ether oxygens (including phenoxy) is 3. The summed E-state index contributed by atoms with van der Waals surface area (Å²) in [5.74, 6) is 4.36. The molecule has 22 heteroatoms. The van der Waals surface area contributed by atoms with Crippen LogP contribution in [-0.4, -0.2) is 193 Å². The molecule has 0 radical (unpaired) electrons. The predicted octanol–water partition coefficient (Wildman–Crippen LogP) is 6.08. The Morgan fingerprint density at radius 1 is 0.825 bits per heavy atom. The topological polar surface area (TPSA) is 268 Å². The molecule has 8 aliphatic rings. The Kier molecular flexibility index (Phi) is 22.6. The number of thioether (sulfide) groups is 1. The molecule has 19 atom stereocenters. The predicted molar refractivity (Wildman–Crippen MR) is 311 cm³/mol. The highest BCUT2D eigenvalue weighted by molar-refractivity contribution is 7.99. The highest BCUT2D eigenvalue weighted by Gasteiger charge is 2.49. The third kappa shape index (κ3) is 15.2. The van der Waals surface area contributed by atoms with E-state index in [1.807, 2.05) is 60.5 Å². The van der Waals surface area contributed by atoms with Gasteiger partial charge >= 0.3 is 10.4 Å². The van der Waals surface area contributed by atoms with Gasteiger partial charge in [-0.25, -0.2) is 0 Å². The van der Waals surface area contributed by atoms with Gasteiger partial charge in [0, 0.05) is 54.9 Å². The fraction of sp³-hybridized carbons (Fsp3) is 0.603. The van der Waals surface area contributed by atoms with Crippen LogP contribution in [0.5, 0.6) is 11.5 Å². The lowest BCUT2D eigenvalue weighted by atomic mass is 9.73. The lowest BCUT2D eigenvalue weighted by Crippen LogP contribution is -2.65. The van der Waals surface area contributed by atoms with Crippen molar-refractivity contribution in [2.24, 2.45) is 29.6 Å². The van der Waals surface area contributed by atoms with E-state index in [1.165, 1.54) is 24.6 Å². The highest BCUT2D eigenvalue weighted by Crippen LogP contribution is 2.44. The Bertz CT molecular complexity index is 2680. The molecule has 0 aliphatic carbocycles. The molecule has 80 heavy (non-hydrogen) atoms. The number of methoxy groups -OCH3 is 2. The number of hydrogen-bond donors (Lipinski definition) is 8. The molecule has 8 aliphatic heterocycles. The minimum Gasteiger partial charge on any atom is -0.497 e. The van der Waals surface area contributed by atoms with Crippen molar-refractivity contribution in [3.63, 3.8) is 0 Å². The summed E-state index contributed by atoms with van der Waals surface area (Å²) in [5, 5.41) is 57.3. The minimum atomic E-state index is -4.67. The van der Waals surface area contributed by atoms with Crippen LogP contribution in [0.3, 0.4) is 0 Å². The molecule has 0 saturated carbocycles. The largest absolute Gasteiger partial charge is 0.497 e. The number of alkyl halides is 1. The number of amides is 1. The number of carbonyl (C=O) groups excluding carboxylic acids is 1. The summed E-state index contributed by atoms with van der Waals surface area (Å²) in [7, 11) is 0.596. The van der Waals surface area contributed by atoms with Crippen molar-refractivity contribution in [2.75, 3.05) is 60.2 Å². The molecule has 0 spiro atoms. The maximum Gasteiger partial charge on any atom is 0.394 e. The third-order valence-corrected chi connectivity index (χ3v) is 18.4. The second-order valence-corrected chi connectivity index (χ2v) is 24.7. The van der Waals surface area contributed by atoms with E-state index in [9.17, 15) is 30.3 Å². The van der Waals surface area contributed by atoms with Crippen molar-refractivity contribution in [1.29, 1.82) is 0 Å². The first-order valence-electron chi connectivity index (χ1n) is 27.6. The van der Waals surface area contributed by atoms with Crippen LogP contribution >= 0.6 is 23.4 Å². The van der Waals surface area contributed by atoms with Crippen LogP contribution in [0.2, 0.25) is 0 Å². The molecule has 2 aromatic heterocycles. The summed E-state index contributed by atoms with van der Waals surface area (Å²) in [4.78, 5) is 28.7. The molecule has 8 N–H and O–H groups in total. The molecule has 10 heterocycles. The molecule has 8 saturated heterocycles. The van der Waals surface area contributed by atoms with Crippen LogP contribution in [0.1, 0.15) is 82.1 Å². The van der Waals surface area contributed by atoms with Crippen LogP contribution in [0.4, 0.5) is 0 Å². The normalized spacial score (nSPS) is 32.4. The number of nitrogens with one attached hydrogen (secondary N) is 1. The van der Waals surface area contributed by atoms with Gasteiger partial charge in [0.05, 0.1) is 54.9 Å². The van der Waals surface area contributed by atoms with Crippen molar-refractivity contribution < 1.29 is 62.1 Å². The maximum absolute atomic E-state index is 12.9. The molecule has 442 valence electrons. The Morgan fingerprint density at radius 2 is 1.31 bits per heavy atom. The van der Waals surface area contributed by atoms with Gasteiger partial charge in [-0.3, -0.25) is 38.6 Å². The molecular weight excluding hydrogens is 1090 g/mol. The standard InChI is InChI=1S/2C20H24N2O2.C18H33ClN2O5S.H2O4S/c2*1-3-13-12-22-9-7-14(13)10-19(22)20(23)16-6-8-21-18-5-4-15(24-2)11-17(16)18;1-5-6-10-7-11(21(3)8-10)17(25)20-12(9(2)19)16-14(23)13(22)15(24)18(26-16)27-4;1-5(2,3)4/h2*3-6,8,11,13-14,19-20,23H,1,7,9-10,12H2,2H3;9-16,18,22-24H,5-8H2,1-4H3,(H,20,25);(H2,1,2,3,4)/t2*13-,14-,19-,20+;9-,10+,11-,12+,13-,14+,15+,16+,18+;/m000./s1. The highest BCUT2D eigenvalue weighted by atomic mass is 35.5. The monoisotopic (exact) mass is 1170 g/mol. The van der Waals surface area contributed by atoms with Crippen LogP contribution in [-0.2, 0) is 19.9 Å². The van der Waals surface area contributed by atoms with E-state index in [0.717, 1.165) is 109 Å². The molecule has 19 nitrogen and oxygen atoms in total. The number of hydrogen-bond acceptors (Lipinski definition) is 17. The SMILES string of the molecule is C=C[C@H]1CN2CC[C@H]1C[C@H]2[C@H](O)c1ccnc2ccc(OC)cc12.C=C[C@H]1CN2CC[C@H]1C[C@H]2[C@H](O)c1ccnc2ccc(OC)cc12.CCC[C@@H]1C[C@@H](C(=O)N[C@@H]([C@H]2O[C@H](SC)[C@H](O)[C@@H](O)[C@H]2O)[C@H](C)Cl)N(C)C1.O=S(=O)(O)O. The Labute approximate surface area is 480 Å². The molecule has 2 unspecified atom stereocenters. The second kappa shape index (κ2) is 28.5. The van der Waals surface area contributed by atoms with Gasteiger partial charge in [0.2, 0.25) is 5.91 Å². The lowest BCUT2D eigenvalue weighted by molar-refractivity contribution is -0.205. The summed E-state index contributed by atoms with van der Waals surface area (Å²) in [6, 6.07) is 15.0. The van der Waals surface area contributed by atoms with Crippen LogP contribution < -0.4 is 14.8 Å². The Hall–Kier alpha value is -4.04. The summed E-state index contributed by atoms with van der Waals surface area (Å²) >= 11 is 7.55. The molecule has 2 aromatic carbocycles. The van der Waals surface area contributed by atoms with E-state index < -0.39 is 63.9 Å². The number of carbonyl (C=O) groups is 1. The second-order valence-electron chi connectivity index (χ2n) is 22.1. The van der Waals surface area contributed by atoms with Crippen molar-refractivity contribution >= 4 is 61.5 Å². The van der Waals surface area contributed by atoms with E-state index >= 15 is 0 Å². The number of fused-ring (bicyclic) bond motifs is 8. The van der Waals surface area contributed by atoms with Crippen LogP contribution in [0, 0.1) is 29.6 Å². The fourth-order valence-corrected chi connectivity index (χ4v) is 13.9. The number of nitrogens with zero attached hydrogens (tertiary/aromatic N) is 5. The number of pyridine rings is 2. The summed E-state index contributed by atoms with van der Waals surface area (Å²) < 4.78 is 48.1. The van der Waals surface area contributed by atoms with Crippen molar-refractivity contribution in [3.8, 4) is 11.5 Å². The molecule has 8 fully saturated rings. The Balaban J connectivity index is 0.000000166. The van der Waals surface area contributed by atoms with Gasteiger partial charge < -0.3 is 45.1 Å². The van der Waals surface area contributed by atoms with Gasteiger partial charge in [-0.1, -0.05) is 25.5 Å². The summed E-state index contributed by atoms with van der Waals surface area (Å²) in [6.07, 6.45) is 11.1. The number of aliphatic hydroxyl groups is 5. The Morgan fingerprint density at radius 3 is 1.71 bits per heavy atom. The van der Waals surface area contributed by atoms with Gasteiger partial charge in [0.25, 0.3) is 0 Å². The third-order valence-electron chi connectivity index (χ3n) is 17.3. The van der Waals surface area contributed by atoms with Crippen molar-refractivity contribution in [3.05, 3.63) is 97.4 Å². The molecule has 12 rings (SSSR count). The molecule has 4 aromatic rings. The van der Waals surface area contributed by atoms with Gasteiger partial charge in [-0.15, -0.1) is 36.5 Å². The van der Waals surface area contributed by atoms with Crippen molar-refractivity contribution in [2.45, 2.75) is 130 Å². The summed E-state index contributed by atoms with van der Waals surface area (Å²) in [6.45, 7) is 16.9. The smallest absolute Gasteiger partial charge is 0.394 e. The first-order valence-corrected chi connectivity index (χ1v) is 30.8. The lowest BCUT2D eigenvalue weighted by Gasteiger charge is -2.50. The fourth-order valence-electron chi connectivity index (χ4n) is 13.0. The number of benzene rings is 2. The minimum absolute atomic E-state index is 0.147. The van der Waals surface area contributed by atoms with Gasteiger partial charge in [-0.2, -0.15) is 8.42 Å². The summed E-state index contributed by atoms with van der Waals surface area (Å²) in [5.41, 5.74) is 2.99. The molecule has 1 amide bonds. The first kappa shape index (κ1) is 63.5. The number of rotatable bonds is 15. The van der Waals surface area contributed by atoms with E-state index in [1.54, 1.807) is 39.8 Å². The zero-order chi connectivity index (χ0) is 58.2. The quantitative estimate of drug-likeness (QED) is 0.0381. The number of halogens is 1. The van der Waals surface area contributed by atoms with E-state index in [2.05, 4.69) is 57.3 Å². The zero-order valence-corrected chi connectivity index (χ0v) is 49.0. The van der Waals surface area contributed by atoms with E-state index in [-0.39, 0.29) is 24.0 Å². The van der Waals surface area contributed by atoms with E-state index in [0.29, 0.717) is 29.6 Å². The molecular formula is C58H83ClN6O13S2. The average molecular weight is 1170 g/mol. The van der Waals surface area contributed by atoms with Crippen molar-refractivity contribution in [1.82, 2.24) is 30.0 Å².